The summed E-state index contributed by atoms with van der Waals surface area (Å²) in [6, 6.07) is 14.6. The minimum absolute atomic E-state index is 0.0357. The second-order valence-corrected chi connectivity index (χ2v) is 11.0. The zero-order valence-corrected chi connectivity index (χ0v) is 22.7. The second kappa shape index (κ2) is 9.47. The Morgan fingerprint density at radius 1 is 1.03 bits per heavy atom. The van der Waals surface area contributed by atoms with Gasteiger partial charge in [-0.3, -0.25) is 14.4 Å². The minimum Gasteiger partial charge on any atom is -0.497 e. The SMILES string of the molecule is COc1ccc(Cn2c(=O)c(C3=Nc4cc(N5CCN(C)CC5)ccc4C3)c(C)c3c(C)csc32)cc1. The summed E-state index contributed by atoms with van der Waals surface area (Å²) < 4.78 is 7.24. The van der Waals surface area contributed by atoms with Gasteiger partial charge in [0.05, 0.1) is 30.6 Å². The highest BCUT2D eigenvalue weighted by molar-refractivity contribution is 7.17. The number of ether oxygens (including phenoxy) is 1. The molecule has 0 radical (unpaired) electrons. The molecule has 6 rings (SSSR count). The monoisotopic (exact) mass is 512 g/mol. The Balaban J connectivity index is 1.41. The molecule has 2 aromatic heterocycles. The zero-order valence-electron chi connectivity index (χ0n) is 21.9. The normalized spacial score (nSPS) is 15.8. The van der Waals surface area contributed by atoms with E-state index in [1.165, 1.54) is 22.2 Å². The molecule has 37 heavy (non-hydrogen) atoms. The summed E-state index contributed by atoms with van der Waals surface area (Å²) in [5.74, 6) is 0.812. The van der Waals surface area contributed by atoms with E-state index in [1.807, 2.05) is 28.8 Å². The minimum atomic E-state index is 0.0357. The van der Waals surface area contributed by atoms with Gasteiger partial charge in [0.1, 0.15) is 10.6 Å². The van der Waals surface area contributed by atoms with Crippen LogP contribution in [0, 0.1) is 13.8 Å². The first-order valence-electron chi connectivity index (χ1n) is 12.8. The molecule has 1 saturated heterocycles. The van der Waals surface area contributed by atoms with E-state index in [0.29, 0.717) is 13.0 Å². The molecule has 190 valence electrons. The molecule has 2 aromatic carbocycles. The van der Waals surface area contributed by atoms with Crippen LogP contribution in [0.25, 0.3) is 10.2 Å². The number of aryl methyl sites for hydroxylation is 2. The Kier molecular flexibility index (Phi) is 6.13. The zero-order chi connectivity index (χ0) is 25.7. The van der Waals surface area contributed by atoms with Crippen molar-refractivity contribution >= 4 is 38.6 Å². The summed E-state index contributed by atoms with van der Waals surface area (Å²) in [4.78, 5) is 25.0. The molecule has 2 aliphatic heterocycles. The Hall–Kier alpha value is -3.42. The average molecular weight is 513 g/mol. The number of hydrogen-bond donors (Lipinski definition) is 0. The number of aromatic nitrogens is 1. The van der Waals surface area contributed by atoms with Gasteiger partial charge < -0.3 is 14.5 Å². The molecule has 1 fully saturated rings. The van der Waals surface area contributed by atoms with E-state index in [0.717, 1.165) is 64.8 Å². The number of anilines is 1. The number of aliphatic imine (C=N–C) groups is 1. The molecule has 4 heterocycles. The lowest BCUT2D eigenvalue weighted by atomic mass is 9.98. The van der Waals surface area contributed by atoms with Crippen LogP contribution >= 0.6 is 11.3 Å². The summed E-state index contributed by atoms with van der Waals surface area (Å²) in [6.45, 7) is 8.91. The fourth-order valence-electron chi connectivity index (χ4n) is 5.57. The first kappa shape index (κ1) is 23.9. The van der Waals surface area contributed by atoms with Gasteiger partial charge in [-0.1, -0.05) is 18.2 Å². The molecule has 0 atom stereocenters. The standard InChI is InChI=1S/C30H32N4O2S/c1-19-18-37-30-27(19)20(2)28(29(35)34(30)17-21-5-9-24(36-4)10-6-21)26-15-22-7-8-23(16-25(22)31-26)33-13-11-32(3)12-14-33/h5-10,16,18H,11-15,17H2,1-4H3. The van der Waals surface area contributed by atoms with Crippen molar-refractivity contribution in [3.8, 4) is 5.75 Å². The molecule has 0 spiro atoms. The van der Waals surface area contributed by atoms with Gasteiger partial charge in [0, 0.05) is 43.7 Å². The Morgan fingerprint density at radius 2 is 1.78 bits per heavy atom. The highest BCUT2D eigenvalue weighted by Crippen LogP contribution is 2.35. The van der Waals surface area contributed by atoms with Crippen molar-refractivity contribution in [1.29, 1.82) is 0 Å². The summed E-state index contributed by atoms with van der Waals surface area (Å²) >= 11 is 1.64. The van der Waals surface area contributed by atoms with Crippen LogP contribution in [0.5, 0.6) is 5.75 Å². The van der Waals surface area contributed by atoms with Crippen molar-refractivity contribution in [3.63, 3.8) is 0 Å². The van der Waals surface area contributed by atoms with E-state index in [1.54, 1.807) is 18.4 Å². The van der Waals surface area contributed by atoms with Crippen LogP contribution < -0.4 is 15.2 Å². The lowest BCUT2D eigenvalue weighted by molar-refractivity contribution is 0.313. The van der Waals surface area contributed by atoms with Gasteiger partial charge in [-0.2, -0.15) is 0 Å². The molecule has 7 heteroatoms. The molecular formula is C30H32N4O2S. The average Bonchev–Trinajstić information content (AvgIpc) is 3.50. The maximum absolute atomic E-state index is 14.1. The van der Waals surface area contributed by atoms with Crippen LogP contribution in [0.15, 0.2) is 57.6 Å². The van der Waals surface area contributed by atoms with E-state index in [2.05, 4.69) is 54.3 Å². The molecule has 0 N–H and O–H groups in total. The van der Waals surface area contributed by atoms with Crippen molar-refractivity contribution in [3.05, 3.63) is 86.0 Å². The number of nitrogens with zero attached hydrogens (tertiary/aromatic N) is 4. The number of thiophene rings is 1. The van der Waals surface area contributed by atoms with E-state index < -0.39 is 0 Å². The van der Waals surface area contributed by atoms with Crippen molar-refractivity contribution < 1.29 is 4.74 Å². The van der Waals surface area contributed by atoms with Crippen molar-refractivity contribution in [2.75, 3.05) is 45.2 Å². The molecular weight excluding hydrogens is 480 g/mol. The van der Waals surface area contributed by atoms with Crippen molar-refractivity contribution in [2.24, 2.45) is 4.99 Å². The summed E-state index contributed by atoms with van der Waals surface area (Å²) in [7, 11) is 3.84. The molecule has 0 aliphatic carbocycles. The number of likely N-dealkylation sites (N-methyl/N-ethyl adjacent to an activating group) is 1. The first-order valence-corrected chi connectivity index (χ1v) is 13.7. The predicted molar refractivity (Wildman–Crippen MR) is 154 cm³/mol. The van der Waals surface area contributed by atoms with E-state index in [9.17, 15) is 4.79 Å². The van der Waals surface area contributed by atoms with Crippen LogP contribution in [0.2, 0.25) is 0 Å². The third-order valence-corrected chi connectivity index (χ3v) is 8.87. The van der Waals surface area contributed by atoms with Gasteiger partial charge in [0.15, 0.2) is 0 Å². The van der Waals surface area contributed by atoms with Crippen molar-refractivity contribution in [1.82, 2.24) is 9.47 Å². The molecule has 6 nitrogen and oxygen atoms in total. The predicted octanol–water partition coefficient (Wildman–Crippen LogP) is 5.17. The molecule has 0 saturated carbocycles. The highest BCUT2D eigenvalue weighted by atomic mass is 32.1. The number of methoxy groups -OCH3 is 1. The lowest BCUT2D eigenvalue weighted by Crippen LogP contribution is -2.44. The summed E-state index contributed by atoms with van der Waals surface area (Å²) in [6.07, 6.45) is 0.686. The van der Waals surface area contributed by atoms with Crippen LogP contribution in [0.4, 0.5) is 11.4 Å². The van der Waals surface area contributed by atoms with E-state index in [-0.39, 0.29) is 5.56 Å². The third-order valence-electron chi connectivity index (χ3n) is 7.75. The molecule has 0 bridgehead atoms. The van der Waals surface area contributed by atoms with Crippen LogP contribution in [0.1, 0.15) is 27.8 Å². The summed E-state index contributed by atoms with van der Waals surface area (Å²) in [5, 5.41) is 3.32. The second-order valence-electron chi connectivity index (χ2n) is 10.2. The maximum atomic E-state index is 14.1. The highest BCUT2D eigenvalue weighted by Gasteiger charge is 2.25. The third kappa shape index (κ3) is 4.26. The van der Waals surface area contributed by atoms with Gasteiger partial charge in [0.25, 0.3) is 5.56 Å². The van der Waals surface area contributed by atoms with Gasteiger partial charge in [0.2, 0.25) is 0 Å². The quantitative estimate of drug-likeness (QED) is 0.370. The maximum Gasteiger partial charge on any atom is 0.261 e. The molecule has 4 aromatic rings. The van der Waals surface area contributed by atoms with Crippen molar-refractivity contribution in [2.45, 2.75) is 26.8 Å². The molecule has 0 amide bonds. The Bertz CT molecular complexity index is 1570. The largest absolute Gasteiger partial charge is 0.497 e. The van der Waals surface area contributed by atoms with Crippen LogP contribution in [-0.4, -0.2) is 55.5 Å². The Labute approximate surface area is 221 Å². The van der Waals surface area contributed by atoms with Crippen LogP contribution in [-0.2, 0) is 13.0 Å². The first-order chi connectivity index (χ1) is 17.9. The van der Waals surface area contributed by atoms with Gasteiger partial charge in [-0.05, 0) is 72.8 Å². The van der Waals surface area contributed by atoms with Gasteiger partial charge in [-0.25, -0.2) is 0 Å². The Morgan fingerprint density at radius 3 is 2.51 bits per heavy atom. The molecule has 2 aliphatic rings. The lowest BCUT2D eigenvalue weighted by Gasteiger charge is -2.34. The topological polar surface area (TPSA) is 50.1 Å². The number of hydrogen-bond acceptors (Lipinski definition) is 6. The van der Waals surface area contributed by atoms with Crippen LogP contribution in [0.3, 0.4) is 0 Å². The number of benzene rings is 2. The number of fused-ring (bicyclic) bond motifs is 2. The smallest absolute Gasteiger partial charge is 0.261 e. The summed E-state index contributed by atoms with van der Waals surface area (Å²) in [5.41, 5.74) is 8.38. The fraction of sp³-hybridized carbons (Fsp3) is 0.333. The number of rotatable bonds is 5. The number of piperazine rings is 1. The van der Waals surface area contributed by atoms with Gasteiger partial charge >= 0.3 is 0 Å². The van der Waals surface area contributed by atoms with E-state index >= 15 is 0 Å². The fourth-order valence-corrected chi connectivity index (χ4v) is 6.68. The van der Waals surface area contributed by atoms with E-state index in [4.69, 9.17) is 9.73 Å². The number of pyridine rings is 1. The van der Waals surface area contributed by atoms with Gasteiger partial charge in [-0.15, -0.1) is 11.3 Å². The molecule has 0 unspecified atom stereocenters.